The van der Waals surface area contributed by atoms with Gasteiger partial charge in [-0.3, -0.25) is 0 Å². The van der Waals surface area contributed by atoms with Crippen LogP contribution >= 0.6 is 15.9 Å². The van der Waals surface area contributed by atoms with Crippen molar-refractivity contribution in [2.75, 3.05) is 5.32 Å². The van der Waals surface area contributed by atoms with Crippen molar-refractivity contribution in [1.82, 2.24) is 4.98 Å². The van der Waals surface area contributed by atoms with E-state index in [-0.39, 0.29) is 28.7 Å². The van der Waals surface area contributed by atoms with Crippen LogP contribution in [-0.4, -0.2) is 16.7 Å². The average molecular weight is 345 g/mol. The maximum Gasteiger partial charge on any atom is 0.411 e. The van der Waals surface area contributed by atoms with Gasteiger partial charge in [-0.2, -0.15) is 13.2 Å². The van der Waals surface area contributed by atoms with Crippen LogP contribution in [0.5, 0.6) is 0 Å². The topological polar surface area (TPSA) is 24.9 Å². The van der Waals surface area contributed by atoms with Crippen LogP contribution in [0.25, 0.3) is 0 Å². The largest absolute Gasteiger partial charge is 0.411 e. The van der Waals surface area contributed by atoms with Gasteiger partial charge in [-0.1, -0.05) is 0 Å². The lowest BCUT2D eigenvalue weighted by molar-refractivity contribution is -0.198. The van der Waals surface area contributed by atoms with E-state index in [9.17, 15) is 22.0 Å². The van der Waals surface area contributed by atoms with Crippen LogP contribution in [-0.2, 0) is 0 Å². The highest BCUT2D eigenvalue weighted by molar-refractivity contribution is 9.10. The van der Waals surface area contributed by atoms with Gasteiger partial charge < -0.3 is 5.32 Å². The Hall–Kier alpha value is -0.920. The molecule has 1 fully saturated rings. The highest BCUT2D eigenvalue weighted by Gasteiger charge is 2.58. The highest BCUT2D eigenvalue weighted by Crippen LogP contribution is 2.47. The van der Waals surface area contributed by atoms with Crippen LogP contribution in [0.3, 0.4) is 0 Å². The molecular formula is C11H10BrF5N2. The number of rotatable bonds is 3. The van der Waals surface area contributed by atoms with E-state index in [1.807, 2.05) is 0 Å². The molecule has 0 saturated heterocycles. The Bertz CT molecular complexity index is 471. The molecule has 1 aromatic rings. The Kier molecular flexibility index (Phi) is 3.72. The minimum Gasteiger partial charge on any atom is -0.356 e. The average Bonchev–Trinajstić information content (AvgIpc) is 2.23. The molecule has 1 heterocycles. The standard InChI is InChI=1S/C11H10BrF5N2/c12-7-5-18-8(4-6(7)9(13)14)19-10(2-1-3-10)11(15,16)17/h4-5,9H,1-3H2,(H,18,19). The molecule has 1 aliphatic carbocycles. The molecule has 8 heteroatoms. The lowest BCUT2D eigenvalue weighted by Gasteiger charge is -2.44. The van der Waals surface area contributed by atoms with Gasteiger partial charge in [0.1, 0.15) is 11.4 Å². The Labute approximate surface area is 114 Å². The first-order chi connectivity index (χ1) is 8.75. The van der Waals surface area contributed by atoms with Crippen molar-refractivity contribution < 1.29 is 22.0 Å². The number of halogens is 6. The van der Waals surface area contributed by atoms with E-state index < -0.39 is 18.1 Å². The summed E-state index contributed by atoms with van der Waals surface area (Å²) < 4.78 is 64.2. The SMILES string of the molecule is FC(F)c1cc(NC2(C(F)(F)F)CCC2)ncc1Br. The second-order valence-electron chi connectivity index (χ2n) is 4.45. The Morgan fingerprint density at radius 2 is 1.95 bits per heavy atom. The molecule has 0 amide bonds. The fourth-order valence-corrected chi connectivity index (χ4v) is 2.33. The van der Waals surface area contributed by atoms with Gasteiger partial charge in [0.15, 0.2) is 0 Å². The first-order valence-electron chi connectivity index (χ1n) is 5.54. The van der Waals surface area contributed by atoms with E-state index in [0.717, 1.165) is 12.3 Å². The van der Waals surface area contributed by atoms with Crippen LogP contribution in [0.1, 0.15) is 31.3 Å². The van der Waals surface area contributed by atoms with Gasteiger partial charge in [0, 0.05) is 16.2 Å². The number of hydrogen-bond donors (Lipinski definition) is 1. The monoisotopic (exact) mass is 344 g/mol. The summed E-state index contributed by atoms with van der Waals surface area (Å²) in [6, 6.07) is 0.945. The van der Waals surface area contributed by atoms with Gasteiger partial charge in [-0.15, -0.1) is 0 Å². The Balaban J connectivity index is 2.26. The minimum atomic E-state index is -4.43. The van der Waals surface area contributed by atoms with E-state index in [4.69, 9.17) is 0 Å². The van der Waals surface area contributed by atoms with E-state index >= 15 is 0 Å². The number of aromatic nitrogens is 1. The normalized spacial score (nSPS) is 18.3. The highest BCUT2D eigenvalue weighted by atomic mass is 79.9. The fourth-order valence-electron chi connectivity index (χ4n) is 1.94. The first-order valence-corrected chi connectivity index (χ1v) is 6.33. The molecule has 0 atom stereocenters. The summed E-state index contributed by atoms with van der Waals surface area (Å²) in [5.41, 5.74) is -2.41. The summed E-state index contributed by atoms with van der Waals surface area (Å²) in [5, 5.41) is 2.26. The number of alkyl halides is 5. The molecule has 0 radical (unpaired) electrons. The number of pyridine rings is 1. The molecule has 0 spiro atoms. The minimum absolute atomic E-state index is 0.0712. The molecule has 1 aromatic heterocycles. The van der Waals surface area contributed by atoms with Crippen molar-refractivity contribution >= 4 is 21.7 Å². The molecule has 106 valence electrons. The lowest BCUT2D eigenvalue weighted by atomic mass is 9.76. The van der Waals surface area contributed by atoms with Gasteiger partial charge in [0.05, 0.1) is 0 Å². The molecule has 0 bridgehead atoms. The van der Waals surface area contributed by atoms with Gasteiger partial charge in [-0.05, 0) is 41.3 Å². The molecule has 2 rings (SSSR count). The summed E-state index contributed by atoms with van der Waals surface area (Å²) >= 11 is 2.89. The molecule has 1 aliphatic rings. The summed E-state index contributed by atoms with van der Waals surface area (Å²) in [6.07, 6.45) is -5.82. The van der Waals surface area contributed by atoms with E-state index in [0.29, 0.717) is 6.42 Å². The van der Waals surface area contributed by atoms with Crippen molar-refractivity contribution in [2.45, 2.75) is 37.4 Å². The Morgan fingerprint density at radius 3 is 2.37 bits per heavy atom. The van der Waals surface area contributed by atoms with Crippen LogP contribution in [0.2, 0.25) is 0 Å². The zero-order chi connectivity index (χ0) is 14.3. The third-order valence-corrected chi connectivity index (χ3v) is 3.90. The molecule has 0 aliphatic heterocycles. The summed E-state index contributed by atoms with van der Waals surface area (Å²) in [5.74, 6) is -0.185. The number of anilines is 1. The molecule has 1 saturated carbocycles. The van der Waals surface area contributed by atoms with Crippen molar-refractivity contribution in [3.05, 3.63) is 22.3 Å². The van der Waals surface area contributed by atoms with E-state index in [1.165, 1.54) is 0 Å². The molecule has 1 N–H and O–H groups in total. The quantitative estimate of drug-likeness (QED) is 0.805. The van der Waals surface area contributed by atoms with Crippen molar-refractivity contribution in [3.63, 3.8) is 0 Å². The number of nitrogens with zero attached hydrogens (tertiary/aromatic N) is 1. The van der Waals surface area contributed by atoms with Crippen LogP contribution in [0.4, 0.5) is 27.8 Å². The second-order valence-corrected chi connectivity index (χ2v) is 5.30. The molecular weight excluding hydrogens is 335 g/mol. The second kappa shape index (κ2) is 4.88. The first kappa shape index (κ1) is 14.5. The van der Waals surface area contributed by atoms with Crippen LogP contribution in [0, 0.1) is 0 Å². The van der Waals surface area contributed by atoms with Crippen molar-refractivity contribution in [3.8, 4) is 0 Å². The molecule has 0 unspecified atom stereocenters. The van der Waals surface area contributed by atoms with Gasteiger partial charge in [0.25, 0.3) is 6.43 Å². The van der Waals surface area contributed by atoms with Crippen LogP contribution < -0.4 is 5.32 Å². The fraction of sp³-hybridized carbons (Fsp3) is 0.545. The third kappa shape index (κ3) is 2.68. The molecule has 0 aromatic carbocycles. The van der Waals surface area contributed by atoms with Gasteiger partial charge in [0.2, 0.25) is 0 Å². The van der Waals surface area contributed by atoms with E-state index in [2.05, 4.69) is 26.2 Å². The number of nitrogens with one attached hydrogen (secondary N) is 1. The number of hydrogen-bond acceptors (Lipinski definition) is 2. The van der Waals surface area contributed by atoms with Gasteiger partial charge >= 0.3 is 6.18 Å². The zero-order valence-electron chi connectivity index (χ0n) is 9.57. The zero-order valence-corrected chi connectivity index (χ0v) is 11.2. The molecule has 19 heavy (non-hydrogen) atoms. The summed E-state index contributed by atoms with van der Waals surface area (Å²) in [6.45, 7) is 0. The third-order valence-electron chi connectivity index (χ3n) is 3.24. The maximum atomic E-state index is 12.9. The smallest absolute Gasteiger partial charge is 0.356 e. The van der Waals surface area contributed by atoms with Gasteiger partial charge in [-0.25, -0.2) is 13.8 Å². The Morgan fingerprint density at radius 1 is 1.32 bits per heavy atom. The predicted molar refractivity (Wildman–Crippen MR) is 63.2 cm³/mol. The molecule has 2 nitrogen and oxygen atoms in total. The summed E-state index contributed by atoms with van der Waals surface area (Å²) in [4.78, 5) is 3.71. The lowest BCUT2D eigenvalue weighted by Crippen LogP contribution is -2.57. The van der Waals surface area contributed by atoms with Crippen molar-refractivity contribution in [2.24, 2.45) is 0 Å². The van der Waals surface area contributed by atoms with E-state index in [1.54, 1.807) is 0 Å². The van der Waals surface area contributed by atoms with Crippen LogP contribution in [0.15, 0.2) is 16.7 Å². The summed E-state index contributed by atoms with van der Waals surface area (Å²) in [7, 11) is 0. The predicted octanol–water partition coefficient (Wildman–Crippen LogP) is 4.68. The maximum absolute atomic E-state index is 12.9. The van der Waals surface area contributed by atoms with Crippen molar-refractivity contribution in [1.29, 1.82) is 0 Å².